The van der Waals surface area contributed by atoms with Crippen LogP contribution in [0.3, 0.4) is 0 Å². The first-order valence-corrected chi connectivity index (χ1v) is 4.13. The van der Waals surface area contributed by atoms with Crippen LogP contribution in [0.25, 0.3) is 0 Å². The maximum absolute atomic E-state index is 5.49. The highest BCUT2D eigenvalue weighted by Gasteiger charge is 2.06. The summed E-state index contributed by atoms with van der Waals surface area (Å²) in [6, 6.07) is 0. The minimum absolute atomic E-state index is 0.321. The molecule has 0 spiro atoms. The molecule has 11 heavy (non-hydrogen) atoms. The lowest BCUT2D eigenvalue weighted by Crippen LogP contribution is -1.93. The number of hydrogen-bond donors (Lipinski definition) is 0. The van der Waals surface area contributed by atoms with Crippen LogP contribution >= 0.6 is 11.6 Å². The summed E-state index contributed by atoms with van der Waals surface area (Å²) in [7, 11) is 0. The zero-order valence-electron chi connectivity index (χ0n) is 6.67. The van der Waals surface area contributed by atoms with Crippen molar-refractivity contribution in [3.8, 4) is 0 Å². The molecule has 0 bridgehead atoms. The van der Waals surface area contributed by atoms with Gasteiger partial charge in [-0.3, -0.25) is 0 Å². The van der Waals surface area contributed by atoms with Crippen LogP contribution in [0.2, 0.25) is 0 Å². The van der Waals surface area contributed by atoms with Crippen molar-refractivity contribution in [2.75, 3.05) is 0 Å². The Morgan fingerprint density at radius 1 is 1.55 bits per heavy atom. The average molecular weight is 175 g/mol. The van der Waals surface area contributed by atoms with Gasteiger partial charge in [-0.05, 0) is 5.92 Å². The van der Waals surface area contributed by atoms with Crippen LogP contribution in [-0.2, 0) is 12.3 Å². The van der Waals surface area contributed by atoms with Gasteiger partial charge in [0.25, 0.3) is 0 Å². The van der Waals surface area contributed by atoms with Crippen molar-refractivity contribution < 1.29 is 4.52 Å². The Balaban J connectivity index is 2.58. The highest BCUT2D eigenvalue weighted by Crippen LogP contribution is 2.06. The number of hydrogen-bond acceptors (Lipinski definition) is 3. The summed E-state index contributed by atoms with van der Waals surface area (Å²) in [5.41, 5.74) is 0. The fraction of sp³-hybridized carbons (Fsp3) is 0.714. The van der Waals surface area contributed by atoms with E-state index < -0.39 is 0 Å². The second-order valence-electron chi connectivity index (χ2n) is 2.84. The molecule has 0 saturated carbocycles. The third-order valence-electron chi connectivity index (χ3n) is 1.21. The van der Waals surface area contributed by atoms with Gasteiger partial charge in [0.05, 0.1) is 5.88 Å². The molecule has 1 heterocycles. The SMILES string of the molecule is CC(C)Cc1nc(CCl)no1. The van der Waals surface area contributed by atoms with E-state index in [2.05, 4.69) is 24.0 Å². The minimum Gasteiger partial charge on any atom is -0.339 e. The quantitative estimate of drug-likeness (QED) is 0.658. The van der Waals surface area contributed by atoms with Crippen molar-refractivity contribution in [3.05, 3.63) is 11.7 Å². The summed E-state index contributed by atoms with van der Waals surface area (Å²) in [4.78, 5) is 4.06. The number of nitrogens with zero attached hydrogens (tertiary/aromatic N) is 2. The predicted octanol–water partition coefficient (Wildman–Crippen LogP) is 2.01. The van der Waals surface area contributed by atoms with E-state index in [4.69, 9.17) is 16.1 Å². The molecule has 0 fully saturated rings. The first-order chi connectivity index (χ1) is 5.22. The monoisotopic (exact) mass is 174 g/mol. The van der Waals surface area contributed by atoms with Gasteiger partial charge in [-0.15, -0.1) is 11.6 Å². The van der Waals surface area contributed by atoms with Gasteiger partial charge in [0.15, 0.2) is 5.82 Å². The molecular weight excluding hydrogens is 164 g/mol. The van der Waals surface area contributed by atoms with Crippen LogP contribution in [-0.4, -0.2) is 10.1 Å². The van der Waals surface area contributed by atoms with E-state index in [-0.39, 0.29) is 0 Å². The molecule has 0 unspecified atom stereocenters. The minimum atomic E-state index is 0.321. The Morgan fingerprint density at radius 3 is 2.73 bits per heavy atom. The smallest absolute Gasteiger partial charge is 0.226 e. The van der Waals surface area contributed by atoms with Crippen LogP contribution in [0.4, 0.5) is 0 Å². The van der Waals surface area contributed by atoms with Crippen LogP contribution in [0, 0.1) is 5.92 Å². The Kier molecular flexibility index (Phi) is 2.88. The molecule has 0 atom stereocenters. The molecule has 0 aromatic carbocycles. The highest BCUT2D eigenvalue weighted by atomic mass is 35.5. The van der Waals surface area contributed by atoms with Gasteiger partial charge < -0.3 is 4.52 Å². The molecule has 1 aromatic rings. The molecule has 1 aromatic heterocycles. The van der Waals surface area contributed by atoms with E-state index in [1.165, 1.54) is 0 Å². The third kappa shape index (κ3) is 2.50. The standard InChI is InChI=1S/C7H11ClN2O/c1-5(2)3-7-9-6(4-8)10-11-7/h5H,3-4H2,1-2H3. The summed E-state index contributed by atoms with van der Waals surface area (Å²) in [5.74, 6) is 2.11. The lowest BCUT2D eigenvalue weighted by molar-refractivity contribution is 0.360. The molecule has 0 aliphatic heterocycles. The van der Waals surface area contributed by atoms with E-state index in [1.807, 2.05) is 0 Å². The molecule has 1 rings (SSSR count). The first kappa shape index (κ1) is 8.53. The summed E-state index contributed by atoms with van der Waals surface area (Å²) in [5, 5.41) is 3.67. The van der Waals surface area contributed by atoms with E-state index in [9.17, 15) is 0 Å². The van der Waals surface area contributed by atoms with Gasteiger partial charge in [-0.1, -0.05) is 19.0 Å². The Labute approximate surface area is 70.7 Å². The summed E-state index contributed by atoms with van der Waals surface area (Å²) in [6.07, 6.45) is 0.823. The Morgan fingerprint density at radius 2 is 2.27 bits per heavy atom. The van der Waals surface area contributed by atoms with E-state index >= 15 is 0 Å². The molecule has 0 aliphatic rings. The van der Waals surface area contributed by atoms with Gasteiger partial charge >= 0.3 is 0 Å². The lowest BCUT2D eigenvalue weighted by Gasteiger charge is -1.95. The van der Waals surface area contributed by atoms with Crippen molar-refractivity contribution >= 4 is 11.6 Å². The number of alkyl halides is 1. The zero-order chi connectivity index (χ0) is 8.27. The van der Waals surface area contributed by atoms with Gasteiger partial charge in [0.1, 0.15) is 0 Å². The molecule has 0 saturated heterocycles. The fourth-order valence-corrected chi connectivity index (χ4v) is 0.885. The summed E-state index contributed by atoms with van der Waals surface area (Å²) in [6.45, 7) is 4.20. The van der Waals surface area contributed by atoms with Crippen molar-refractivity contribution in [1.82, 2.24) is 10.1 Å². The average Bonchev–Trinajstić information content (AvgIpc) is 2.34. The molecule has 0 aliphatic carbocycles. The van der Waals surface area contributed by atoms with Crippen LogP contribution in [0.5, 0.6) is 0 Å². The number of aromatic nitrogens is 2. The maximum Gasteiger partial charge on any atom is 0.226 e. The van der Waals surface area contributed by atoms with Crippen LogP contribution in [0.15, 0.2) is 4.52 Å². The van der Waals surface area contributed by atoms with Gasteiger partial charge in [-0.25, -0.2) is 0 Å². The largest absolute Gasteiger partial charge is 0.339 e. The van der Waals surface area contributed by atoms with Crippen LogP contribution < -0.4 is 0 Å². The predicted molar refractivity (Wildman–Crippen MR) is 42.4 cm³/mol. The van der Waals surface area contributed by atoms with E-state index in [0.29, 0.717) is 23.5 Å². The van der Waals surface area contributed by atoms with Gasteiger partial charge in [0, 0.05) is 6.42 Å². The molecule has 0 amide bonds. The summed E-state index contributed by atoms with van der Waals surface area (Å²) >= 11 is 5.49. The Hall–Kier alpha value is -0.570. The van der Waals surface area contributed by atoms with E-state index in [1.54, 1.807) is 0 Å². The topological polar surface area (TPSA) is 38.9 Å². The zero-order valence-corrected chi connectivity index (χ0v) is 7.43. The second-order valence-corrected chi connectivity index (χ2v) is 3.10. The first-order valence-electron chi connectivity index (χ1n) is 3.59. The number of rotatable bonds is 3. The lowest BCUT2D eigenvalue weighted by atomic mass is 10.1. The molecule has 62 valence electrons. The molecule has 0 radical (unpaired) electrons. The van der Waals surface area contributed by atoms with E-state index in [0.717, 1.165) is 6.42 Å². The number of halogens is 1. The second kappa shape index (κ2) is 3.72. The fourth-order valence-electron chi connectivity index (χ4n) is 0.777. The van der Waals surface area contributed by atoms with Crippen molar-refractivity contribution in [2.45, 2.75) is 26.1 Å². The summed E-state index contributed by atoms with van der Waals surface area (Å²) < 4.78 is 4.92. The molecule has 4 heteroatoms. The highest BCUT2D eigenvalue weighted by molar-refractivity contribution is 6.16. The van der Waals surface area contributed by atoms with Crippen molar-refractivity contribution in [1.29, 1.82) is 0 Å². The van der Waals surface area contributed by atoms with Crippen molar-refractivity contribution in [2.24, 2.45) is 5.92 Å². The molecule has 0 N–H and O–H groups in total. The van der Waals surface area contributed by atoms with Gasteiger partial charge in [0.2, 0.25) is 5.89 Å². The normalized spacial score (nSPS) is 10.9. The third-order valence-corrected chi connectivity index (χ3v) is 1.45. The van der Waals surface area contributed by atoms with Crippen molar-refractivity contribution in [3.63, 3.8) is 0 Å². The molecule has 3 nitrogen and oxygen atoms in total. The Bertz CT molecular complexity index is 222. The van der Waals surface area contributed by atoms with Crippen LogP contribution in [0.1, 0.15) is 25.6 Å². The van der Waals surface area contributed by atoms with Gasteiger partial charge in [-0.2, -0.15) is 4.98 Å². The maximum atomic E-state index is 5.49. The molecular formula is C7H11ClN2O.